The molecular formula is C71H4. The van der Waals surface area contributed by atoms with Crippen molar-refractivity contribution in [2.45, 2.75) is 6.92 Å². The van der Waals surface area contributed by atoms with Crippen molar-refractivity contribution >= 4 is 0 Å². The van der Waals surface area contributed by atoms with E-state index >= 15 is 0 Å². The molecule has 0 unspecified atom stereocenters. The summed E-state index contributed by atoms with van der Waals surface area (Å²) in [4.78, 5) is 0. The molecule has 0 atom stereocenters. The van der Waals surface area contributed by atoms with Gasteiger partial charge in [-0.05, 0) is 102 Å². The Bertz CT molecular complexity index is 4680. The standard InChI is InChI=1S/C71H4/c1-3-5-7-9-11-13-15-17-19-21-23-25-27-29-31-33-35-37-39-41-43-45-47-49-51-53-55-57-59-61-63-65-67-69-71-70-68-66-64-62-60-58-56-54-52-50-48-46-44-42-40-38-36-34-32-30-28-26-24-22-20-18-16-14-12-10-8-6-4-2/h1H,2H3. The third kappa shape index (κ3) is 54.6. The molecule has 0 fully saturated rings. The van der Waals surface area contributed by atoms with Crippen molar-refractivity contribution < 1.29 is 0 Å². The average Bonchev–Trinajstić information content (AvgIpc) is 3.38. The highest BCUT2D eigenvalue weighted by atomic mass is 13.7. The smallest absolute Gasteiger partial charge is 0 e. The van der Waals surface area contributed by atoms with E-state index in [0.717, 1.165) is 0 Å². The summed E-state index contributed by atoms with van der Waals surface area (Å²) in [5, 5.41) is 0. The maximum atomic E-state index is 4.95. The molecule has 0 heterocycles. The summed E-state index contributed by atoms with van der Waals surface area (Å²) in [6, 6.07) is 0. The lowest BCUT2D eigenvalue weighted by atomic mass is 10.4. The first-order valence-electron chi connectivity index (χ1n) is 17.8. The second-order valence-electron chi connectivity index (χ2n) is 8.77. The predicted molar refractivity (Wildman–Crippen MR) is 279 cm³/mol. The van der Waals surface area contributed by atoms with Crippen LogP contribution in [0.1, 0.15) is 6.92 Å². The average molecular weight is 857 g/mol. The molecule has 0 aromatic heterocycles. The van der Waals surface area contributed by atoms with E-state index in [9.17, 15) is 0 Å². The third-order valence-electron chi connectivity index (χ3n) is 4.32. The highest BCUT2D eigenvalue weighted by Gasteiger charge is 1.64. The van der Waals surface area contributed by atoms with Crippen LogP contribution < -0.4 is 0 Å². The fourth-order valence-electron chi connectivity index (χ4n) is 2.13. The van der Waals surface area contributed by atoms with E-state index in [-0.39, 0.29) is 0 Å². The van der Waals surface area contributed by atoms with Gasteiger partial charge in [-0.25, -0.2) is 0 Å². The molecule has 0 aromatic rings. The monoisotopic (exact) mass is 856 g/mol. The largest absolute Gasteiger partial charge is 0.106 e. The molecule has 0 aromatic carbocycles. The third-order valence-corrected chi connectivity index (χ3v) is 4.32. The van der Waals surface area contributed by atoms with Gasteiger partial charge in [-0.2, -0.15) is 0 Å². The van der Waals surface area contributed by atoms with Crippen molar-refractivity contribution in [3.05, 3.63) is 0 Å². The summed E-state index contributed by atoms with van der Waals surface area (Å²) in [5.74, 6) is 172. The van der Waals surface area contributed by atoms with Crippen molar-refractivity contribution in [2.75, 3.05) is 0 Å². The van der Waals surface area contributed by atoms with Crippen molar-refractivity contribution in [3.63, 3.8) is 0 Å². The molecule has 0 nitrogen and oxygen atoms in total. The SMILES string of the molecule is C#CC#CC#CC#CC#CC#CC#CC#CC#CC#CC#CC#CC#CC#CC#CC#CC#CC#CC#CC#CC#CC#CC#CC#CC#CC#CC#CC#CC#CC#CC#CC#CC#CC#CC#CC. The first-order valence-corrected chi connectivity index (χ1v) is 17.8. The number of terminal acetylenes is 1. The Morgan fingerprint density at radius 1 is 0.113 bits per heavy atom. The Morgan fingerprint density at radius 2 is 0.183 bits per heavy atom. The zero-order valence-corrected chi connectivity index (χ0v) is 36.1. The summed E-state index contributed by atoms with van der Waals surface area (Å²) in [7, 11) is 0. The van der Waals surface area contributed by atoms with Crippen LogP contribution in [-0.2, 0) is 0 Å². The van der Waals surface area contributed by atoms with E-state index < -0.39 is 0 Å². The Hall–Kier alpha value is -15.4. The van der Waals surface area contributed by atoms with Crippen molar-refractivity contribution in [1.29, 1.82) is 0 Å². The van der Waals surface area contributed by atoms with Gasteiger partial charge in [0, 0.05) is 308 Å². The fourth-order valence-corrected chi connectivity index (χ4v) is 2.13. The van der Waals surface area contributed by atoms with Crippen LogP contribution in [0.3, 0.4) is 0 Å². The second-order valence-corrected chi connectivity index (χ2v) is 8.77. The summed E-state index contributed by atoms with van der Waals surface area (Å²) in [5.41, 5.74) is 0. The Kier molecular flexibility index (Phi) is 42.8. The van der Waals surface area contributed by atoms with E-state index in [2.05, 4.69) is 409 Å². The number of rotatable bonds is 0. The zero-order valence-electron chi connectivity index (χ0n) is 36.1. The van der Waals surface area contributed by atoms with Gasteiger partial charge in [-0.3, -0.25) is 0 Å². The van der Waals surface area contributed by atoms with E-state index in [1.807, 2.05) is 0 Å². The summed E-state index contributed by atoms with van der Waals surface area (Å²) in [6.07, 6.45) is 4.95. The normalized spacial score (nSPS) is 3.94. The van der Waals surface area contributed by atoms with Gasteiger partial charge in [0.15, 0.2) is 0 Å². The molecule has 0 amide bonds. The van der Waals surface area contributed by atoms with Crippen LogP contribution in [0.5, 0.6) is 0 Å². The molecule has 0 rings (SSSR count). The molecule has 288 valence electrons. The molecule has 0 radical (unpaired) electrons. The minimum absolute atomic E-state index is 1.68. The molecule has 0 N–H and O–H groups in total. The van der Waals surface area contributed by atoms with Gasteiger partial charge in [0.05, 0.1) is 0 Å². The minimum Gasteiger partial charge on any atom is -0.106 e. The Labute approximate surface area is 419 Å². The van der Waals surface area contributed by atoms with Gasteiger partial charge in [-0.1, -0.05) is 5.92 Å². The highest BCUT2D eigenvalue weighted by Crippen LogP contribution is 1.64. The maximum absolute atomic E-state index is 4.95. The molecule has 0 heteroatoms. The topological polar surface area (TPSA) is 0 Å². The highest BCUT2D eigenvalue weighted by molar-refractivity contribution is 5.53. The Balaban J connectivity index is 4.60. The lowest BCUT2D eigenvalue weighted by molar-refractivity contribution is 1.92. The van der Waals surface area contributed by atoms with E-state index in [1.165, 1.54) is 0 Å². The van der Waals surface area contributed by atoms with Crippen LogP contribution in [0.2, 0.25) is 0 Å². The van der Waals surface area contributed by atoms with E-state index in [4.69, 9.17) is 6.42 Å². The molecule has 0 spiro atoms. The quantitative estimate of drug-likeness (QED) is 0.317. The molecule has 0 aliphatic carbocycles. The van der Waals surface area contributed by atoms with Gasteiger partial charge in [0.2, 0.25) is 0 Å². The van der Waals surface area contributed by atoms with Gasteiger partial charge in [-0.15, -0.1) is 6.42 Å². The predicted octanol–water partition coefficient (Wildman–Crippen LogP) is 0.755. The van der Waals surface area contributed by atoms with Gasteiger partial charge in [0.1, 0.15) is 0 Å². The van der Waals surface area contributed by atoms with Crippen molar-refractivity contribution in [3.8, 4) is 415 Å². The van der Waals surface area contributed by atoms with Crippen LogP contribution in [0.4, 0.5) is 0 Å². The van der Waals surface area contributed by atoms with E-state index in [1.54, 1.807) is 6.92 Å². The molecule has 71 heavy (non-hydrogen) atoms. The molecular weight excluding hydrogens is 853 g/mol. The first kappa shape index (κ1) is 55.6. The number of hydrogen-bond donors (Lipinski definition) is 0. The van der Waals surface area contributed by atoms with Crippen LogP contribution in [0.25, 0.3) is 0 Å². The minimum atomic E-state index is 1.68. The zero-order chi connectivity index (χ0) is 50.8. The summed E-state index contributed by atoms with van der Waals surface area (Å²) >= 11 is 0. The van der Waals surface area contributed by atoms with Gasteiger partial charge < -0.3 is 0 Å². The molecule has 0 aliphatic rings. The van der Waals surface area contributed by atoms with Gasteiger partial charge in [0.25, 0.3) is 0 Å². The summed E-state index contributed by atoms with van der Waals surface area (Å²) < 4.78 is 0. The Morgan fingerprint density at radius 3 is 0.254 bits per heavy atom. The maximum Gasteiger partial charge on any atom is 0 e. The van der Waals surface area contributed by atoms with Crippen LogP contribution in [0.15, 0.2) is 0 Å². The lowest BCUT2D eigenvalue weighted by Gasteiger charge is -1.58. The fraction of sp³-hybridized carbons (Fsp3) is 0.0141. The lowest BCUT2D eigenvalue weighted by Crippen LogP contribution is -1.57. The van der Waals surface area contributed by atoms with Gasteiger partial charge >= 0.3 is 0 Å². The van der Waals surface area contributed by atoms with Crippen molar-refractivity contribution in [2.24, 2.45) is 0 Å². The molecule has 0 saturated carbocycles. The van der Waals surface area contributed by atoms with Crippen LogP contribution in [-0.4, -0.2) is 0 Å². The number of hydrogen-bond acceptors (Lipinski definition) is 0. The van der Waals surface area contributed by atoms with Crippen LogP contribution in [0, 0.1) is 415 Å². The molecule has 0 aliphatic heterocycles. The van der Waals surface area contributed by atoms with E-state index in [0.29, 0.717) is 0 Å². The molecule has 0 saturated heterocycles. The first-order chi connectivity index (χ1) is 35.4. The molecule has 0 bridgehead atoms. The second kappa shape index (κ2) is 54.6. The van der Waals surface area contributed by atoms with Crippen LogP contribution >= 0.6 is 0 Å². The summed E-state index contributed by atoms with van der Waals surface area (Å²) in [6.45, 7) is 1.68. The van der Waals surface area contributed by atoms with Crippen molar-refractivity contribution in [1.82, 2.24) is 0 Å².